The van der Waals surface area contributed by atoms with Crippen molar-refractivity contribution in [1.29, 1.82) is 0 Å². The van der Waals surface area contributed by atoms with Crippen LogP contribution < -0.4 is 10.6 Å². The Morgan fingerprint density at radius 1 is 1.20 bits per heavy atom. The van der Waals surface area contributed by atoms with E-state index in [1.165, 1.54) is 0 Å². The van der Waals surface area contributed by atoms with E-state index in [1.54, 1.807) is 0 Å². The van der Waals surface area contributed by atoms with Gasteiger partial charge in [-0.05, 0) is 13.3 Å². The third kappa shape index (κ3) is 8.25. The molecule has 0 aromatic carbocycles. The first-order valence-electron chi connectivity index (χ1n) is 7.02. The fourth-order valence-corrected chi connectivity index (χ4v) is 3.15. The van der Waals surface area contributed by atoms with Crippen LogP contribution in [0.15, 0.2) is 4.99 Å². The Kier molecular flexibility index (Phi) is 10.6. The summed E-state index contributed by atoms with van der Waals surface area (Å²) in [4.78, 5) is 6.60. The zero-order valence-corrected chi connectivity index (χ0v) is 15.5. The van der Waals surface area contributed by atoms with Crippen LogP contribution in [0.3, 0.4) is 0 Å². The van der Waals surface area contributed by atoms with Gasteiger partial charge in [0, 0.05) is 39.3 Å². The monoisotopic (exact) mass is 418 g/mol. The number of guanidine groups is 1. The summed E-state index contributed by atoms with van der Waals surface area (Å²) >= 11 is 0. The Morgan fingerprint density at radius 3 is 2.40 bits per heavy atom. The smallest absolute Gasteiger partial charge is 0.191 e. The van der Waals surface area contributed by atoms with Gasteiger partial charge in [0.15, 0.2) is 15.8 Å². The summed E-state index contributed by atoms with van der Waals surface area (Å²) in [6.45, 7) is 8.73. The van der Waals surface area contributed by atoms with E-state index in [-0.39, 0.29) is 35.5 Å². The molecule has 0 amide bonds. The van der Waals surface area contributed by atoms with Crippen LogP contribution in [0.1, 0.15) is 20.3 Å². The van der Waals surface area contributed by atoms with Gasteiger partial charge in [0.2, 0.25) is 0 Å². The van der Waals surface area contributed by atoms with E-state index < -0.39 is 9.84 Å². The fraction of sp³-hybridized carbons (Fsp3) is 0.917. The SMILES string of the molecule is CCCN=C(NCC)NCCN1CCS(=O)(=O)CC1.I. The Morgan fingerprint density at radius 2 is 1.85 bits per heavy atom. The van der Waals surface area contributed by atoms with Gasteiger partial charge in [-0.3, -0.25) is 9.89 Å². The summed E-state index contributed by atoms with van der Waals surface area (Å²) in [6, 6.07) is 0. The quantitative estimate of drug-likeness (QED) is 0.369. The van der Waals surface area contributed by atoms with Crippen LogP contribution in [-0.2, 0) is 9.84 Å². The summed E-state index contributed by atoms with van der Waals surface area (Å²) in [5, 5.41) is 6.46. The first kappa shape index (κ1) is 19.9. The highest BCUT2D eigenvalue weighted by molar-refractivity contribution is 14.0. The maximum Gasteiger partial charge on any atom is 0.191 e. The topological polar surface area (TPSA) is 73.8 Å². The van der Waals surface area contributed by atoms with E-state index >= 15 is 0 Å². The van der Waals surface area contributed by atoms with E-state index in [0.29, 0.717) is 13.1 Å². The average Bonchev–Trinajstić information content (AvgIpc) is 2.38. The molecule has 1 aliphatic heterocycles. The highest BCUT2D eigenvalue weighted by atomic mass is 127. The van der Waals surface area contributed by atoms with Crippen molar-refractivity contribution in [2.75, 3.05) is 50.8 Å². The van der Waals surface area contributed by atoms with Gasteiger partial charge in [-0.2, -0.15) is 0 Å². The minimum absolute atomic E-state index is 0. The predicted octanol–water partition coefficient (Wildman–Crippen LogP) is 0.300. The first-order valence-corrected chi connectivity index (χ1v) is 8.84. The number of rotatable bonds is 6. The lowest BCUT2D eigenvalue weighted by molar-refractivity contribution is 0.299. The van der Waals surface area contributed by atoms with Gasteiger partial charge in [0.05, 0.1) is 11.5 Å². The molecule has 6 nitrogen and oxygen atoms in total. The van der Waals surface area contributed by atoms with Crippen LogP contribution in [0, 0.1) is 0 Å². The van der Waals surface area contributed by atoms with Gasteiger partial charge >= 0.3 is 0 Å². The molecule has 0 atom stereocenters. The van der Waals surface area contributed by atoms with Gasteiger partial charge in [-0.1, -0.05) is 6.92 Å². The fourth-order valence-electron chi connectivity index (χ4n) is 1.87. The number of aliphatic imine (C=N–C) groups is 1. The minimum atomic E-state index is -2.78. The molecule has 1 fully saturated rings. The molecular formula is C12H27IN4O2S. The van der Waals surface area contributed by atoms with Gasteiger partial charge in [-0.15, -0.1) is 24.0 Å². The molecule has 0 radical (unpaired) electrons. The number of hydrogen-bond acceptors (Lipinski definition) is 4. The number of sulfone groups is 1. The van der Waals surface area contributed by atoms with Gasteiger partial charge in [0.25, 0.3) is 0 Å². The van der Waals surface area contributed by atoms with Crippen LogP contribution >= 0.6 is 24.0 Å². The van der Waals surface area contributed by atoms with Crippen molar-refractivity contribution >= 4 is 39.8 Å². The lowest BCUT2D eigenvalue weighted by Gasteiger charge is -2.26. The van der Waals surface area contributed by atoms with Crippen molar-refractivity contribution in [1.82, 2.24) is 15.5 Å². The Bertz CT molecular complexity index is 373. The molecule has 1 heterocycles. The second kappa shape index (κ2) is 10.6. The molecule has 1 saturated heterocycles. The molecule has 0 bridgehead atoms. The van der Waals surface area contributed by atoms with Crippen molar-refractivity contribution in [2.45, 2.75) is 20.3 Å². The molecule has 120 valence electrons. The largest absolute Gasteiger partial charge is 0.357 e. The van der Waals surface area contributed by atoms with E-state index in [4.69, 9.17) is 0 Å². The van der Waals surface area contributed by atoms with Crippen LogP contribution in [0.25, 0.3) is 0 Å². The normalized spacial score (nSPS) is 19.2. The molecule has 0 aromatic heterocycles. The second-order valence-corrected chi connectivity index (χ2v) is 6.98. The number of nitrogens with one attached hydrogen (secondary N) is 2. The van der Waals surface area contributed by atoms with Gasteiger partial charge in [-0.25, -0.2) is 8.42 Å². The van der Waals surface area contributed by atoms with Crippen molar-refractivity contribution in [2.24, 2.45) is 4.99 Å². The highest BCUT2D eigenvalue weighted by Crippen LogP contribution is 2.02. The number of nitrogens with zero attached hydrogens (tertiary/aromatic N) is 2. The van der Waals surface area contributed by atoms with Crippen LogP contribution in [0.5, 0.6) is 0 Å². The van der Waals surface area contributed by atoms with Crippen LogP contribution in [0.4, 0.5) is 0 Å². The third-order valence-corrected chi connectivity index (χ3v) is 4.60. The third-order valence-electron chi connectivity index (χ3n) is 3.00. The first-order chi connectivity index (χ1) is 9.07. The summed E-state index contributed by atoms with van der Waals surface area (Å²) < 4.78 is 22.6. The zero-order chi connectivity index (χ0) is 14.1. The number of halogens is 1. The Hall–Kier alpha value is -0.0900. The molecule has 20 heavy (non-hydrogen) atoms. The predicted molar refractivity (Wildman–Crippen MR) is 94.8 cm³/mol. The lowest BCUT2D eigenvalue weighted by Crippen LogP contribution is -2.46. The molecule has 0 saturated carbocycles. The standard InChI is InChI=1S/C12H26N4O2S.HI/c1-3-5-14-12(13-4-2)15-6-7-16-8-10-19(17,18)11-9-16;/h3-11H2,1-2H3,(H2,13,14,15);1H. The second-order valence-electron chi connectivity index (χ2n) is 4.68. The average molecular weight is 418 g/mol. The molecule has 2 N–H and O–H groups in total. The molecule has 0 aliphatic carbocycles. The number of hydrogen-bond donors (Lipinski definition) is 2. The summed E-state index contributed by atoms with van der Waals surface area (Å²) in [6.07, 6.45) is 1.03. The van der Waals surface area contributed by atoms with Gasteiger partial charge < -0.3 is 10.6 Å². The van der Waals surface area contributed by atoms with E-state index in [2.05, 4.69) is 27.4 Å². The molecule has 0 unspecified atom stereocenters. The molecule has 0 spiro atoms. The van der Waals surface area contributed by atoms with Crippen molar-refractivity contribution in [3.8, 4) is 0 Å². The molecule has 8 heteroatoms. The summed E-state index contributed by atoms with van der Waals surface area (Å²) in [5.74, 6) is 1.42. The maximum absolute atomic E-state index is 11.3. The van der Waals surface area contributed by atoms with Crippen LogP contribution in [0.2, 0.25) is 0 Å². The zero-order valence-electron chi connectivity index (χ0n) is 12.4. The van der Waals surface area contributed by atoms with Crippen molar-refractivity contribution in [3.63, 3.8) is 0 Å². The molecular weight excluding hydrogens is 391 g/mol. The lowest BCUT2D eigenvalue weighted by atomic mass is 10.4. The minimum Gasteiger partial charge on any atom is -0.357 e. The molecule has 1 aliphatic rings. The highest BCUT2D eigenvalue weighted by Gasteiger charge is 2.20. The van der Waals surface area contributed by atoms with E-state index in [9.17, 15) is 8.42 Å². The molecule has 1 rings (SSSR count). The summed E-state index contributed by atoms with van der Waals surface area (Å²) in [5.41, 5.74) is 0. The van der Waals surface area contributed by atoms with Gasteiger partial charge in [0.1, 0.15) is 0 Å². The Labute approximate surface area is 139 Å². The summed E-state index contributed by atoms with van der Waals surface area (Å²) in [7, 11) is -2.78. The van der Waals surface area contributed by atoms with E-state index in [0.717, 1.165) is 38.6 Å². The molecule has 0 aromatic rings. The maximum atomic E-state index is 11.3. The van der Waals surface area contributed by atoms with Crippen molar-refractivity contribution in [3.05, 3.63) is 0 Å². The van der Waals surface area contributed by atoms with Crippen LogP contribution in [-0.4, -0.2) is 70.1 Å². The van der Waals surface area contributed by atoms with E-state index in [1.807, 2.05) is 6.92 Å². The van der Waals surface area contributed by atoms with Crippen molar-refractivity contribution < 1.29 is 8.42 Å². The Balaban J connectivity index is 0.00000361.